The molecule has 0 atom stereocenters. The summed E-state index contributed by atoms with van der Waals surface area (Å²) >= 11 is 0. The normalized spacial score (nSPS) is 11.2. The predicted octanol–water partition coefficient (Wildman–Crippen LogP) is 3.65. The van der Waals surface area contributed by atoms with Crippen LogP contribution in [0.3, 0.4) is 0 Å². The van der Waals surface area contributed by atoms with E-state index < -0.39 is 5.97 Å². The van der Waals surface area contributed by atoms with Crippen molar-refractivity contribution >= 4 is 11.7 Å². The standard InChI is InChI=1S/C19H21NO4/c1-3-8-14-9-5-7-12-17(14)24-13-15-10-4-6-11-16(15)18(19(21)22)20-23-2/h4-7,9-12H,3,8,13H2,1-2H3,(H,21,22). The van der Waals surface area contributed by atoms with E-state index in [1.54, 1.807) is 12.1 Å². The first-order valence-corrected chi connectivity index (χ1v) is 7.80. The number of carbonyl (C=O) groups is 1. The number of carboxylic acids is 1. The molecule has 2 rings (SSSR count). The van der Waals surface area contributed by atoms with Crippen LogP contribution >= 0.6 is 0 Å². The third-order valence-electron chi connectivity index (χ3n) is 3.53. The van der Waals surface area contributed by atoms with Gasteiger partial charge in [-0.05, 0) is 23.6 Å². The summed E-state index contributed by atoms with van der Waals surface area (Å²) in [6, 6.07) is 15.0. The lowest BCUT2D eigenvalue weighted by Gasteiger charge is -2.13. The molecule has 0 heterocycles. The number of carboxylic acid groups (broad SMARTS) is 1. The number of benzene rings is 2. The Morgan fingerprint density at radius 1 is 1.08 bits per heavy atom. The molecule has 0 aliphatic carbocycles. The first-order valence-electron chi connectivity index (χ1n) is 7.80. The van der Waals surface area contributed by atoms with Crippen LogP contribution in [-0.2, 0) is 22.7 Å². The molecule has 1 N–H and O–H groups in total. The smallest absolute Gasteiger partial charge is 0.358 e. The molecule has 5 heteroatoms. The minimum absolute atomic E-state index is 0.140. The SMILES string of the molecule is CCCc1ccccc1OCc1ccccc1C(=NOC)C(=O)O. The maximum Gasteiger partial charge on any atom is 0.358 e. The highest BCUT2D eigenvalue weighted by atomic mass is 16.6. The first kappa shape index (κ1) is 17.5. The number of para-hydroxylation sites is 1. The van der Waals surface area contributed by atoms with Crippen molar-refractivity contribution in [1.82, 2.24) is 0 Å². The molecule has 0 fully saturated rings. The van der Waals surface area contributed by atoms with Gasteiger partial charge in [-0.25, -0.2) is 4.79 Å². The molecule has 0 aliphatic heterocycles. The lowest BCUT2D eigenvalue weighted by molar-refractivity contribution is -0.129. The van der Waals surface area contributed by atoms with Gasteiger partial charge in [-0.2, -0.15) is 0 Å². The Bertz CT molecular complexity index is 725. The van der Waals surface area contributed by atoms with E-state index in [0.29, 0.717) is 5.56 Å². The van der Waals surface area contributed by atoms with Crippen LogP contribution < -0.4 is 4.74 Å². The molecule has 0 unspecified atom stereocenters. The van der Waals surface area contributed by atoms with Crippen LogP contribution in [0.25, 0.3) is 0 Å². The molecule has 0 spiro atoms. The average Bonchev–Trinajstić information content (AvgIpc) is 2.59. The highest BCUT2D eigenvalue weighted by molar-refractivity contribution is 6.42. The van der Waals surface area contributed by atoms with Gasteiger partial charge in [-0.15, -0.1) is 0 Å². The Morgan fingerprint density at radius 3 is 2.42 bits per heavy atom. The van der Waals surface area contributed by atoms with E-state index in [2.05, 4.69) is 16.9 Å². The number of oxime groups is 1. The van der Waals surface area contributed by atoms with Gasteiger partial charge in [-0.3, -0.25) is 0 Å². The summed E-state index contributed by atoms with van der Waals surface area (Å²) in [6.07, 6.45) is 1.96. The molecule has 0 saturated heterocycles. The Morgan fingerprint density at radius 2 is 1.75 bits per heavy atom. The van der Waals surface area contributed by atoms with Gasteiger partial charge >= 0.3 is 5.97 Å². The van der Waals surface area contributed by atoms with Gasteiger partial charge in [0.2, 0.25) is 0 Å². The van der Waals surface area contributed by atoms with Crippen molar-refractivity contribution in [3.63, 3.8) is 0 Å². The maximum atomic E-state index is 11.4. The summed E-state index contributed by atoms with van der Waals surface area (Å²) in [5, 5.41) is 12.9. The molecule has 2 aromatic rings. The van der Waals surface area contributed by atoms with Crippen molar-refractivity contribution in [1.29, 1.82) is 0 Å². The summed E-state index contributed by atoms with van der Waals surface area (Å²) in [5.74, 6) is -0.328. The number of ether oxygens (including phenoxy) is 1. The Labute approximate surface area is 141 Å². The van der Waals surface area contributed by atoms with Crippen molar-refractivity contribution in [2.45, 2.75) is 26.4 Å². The highest BCUT2D eigenvalue weighted by Crippen LogP contribution is 2.22. The van der Waals surface area contributed by atoms with Crippen molar-refractivity contribution in [2.24, 2.45) is 5.16 Å². The van der Waals surface area contributed by atoms with Gasteiger partial charge in [0.1, 0.15) is 19.5 Å². The van der Waals surface area contributed by atoms with E-state index in [9.17, 15) is 9.90 Å². The summed E-state index contributed by atoms with van der Waals surface area (Å²) < 4.78 is 5.94. The second-order valence-electron chi connectivity index (χ2n) is 5.23. The van der Waals surface area contributed by atoms with Crippen molar-refractivity contribution < 1.29 is 19.5 Å². The van der Waals surface area contributed by atoms with Crippen LogP contribution in [-0.4, -0.2) is 23.9 Å². The van der Waals surface area contributed by atoms with E-state index in [1.165, 1.54) is 7.11 Å². The monoisotopic (exact) mass is 327 g/mol. The van der Waals surface area contributed by atoms with Crippen LogP contribution in [0.4, 0.5) is 0 Å². The van der Waals surface area contributed by atoms with Crippen LogP contribution in [0.15, 0.2) is 53.7 Å². The molecule has 0 radical (unpaired) electrons. The van der Waals surface area contributed by atoms with Crippen LogP contribution in [0.1, 0.15) is 30.0 Å². The summed E-state index contributed by atoms with van der Waals surface area (Å²) in [6.45, 7) is 2.37. The minimum atomic E-state index is -1.14. The van der Waals surface area contributed by atoms with Crippen molar-refractivity contribution in [2.75, 3.05) is 7.11 Å². The Kier molecular flexibility index (Phi) is 6.37. The fourth-order valence-electron chi connectivity index (χ4n) is 2.45. The topological polar surface area (TPSA) is 68.1 Å². The number of aliphatic carboxylic acids is 1. The fourth-order valence-corrected chi connectivity index (χ4v) is 2.45. The Hall–Kier alpha value is -2.82. The largest absolute Gasteiger partial charge is 0.489 e. The summed E-state index contributed by atoms with van der Waals surface area (Å²) in [5.41, 5.74) is 2.22. The second-order valence-corrected chi connectivity index (χ2v) is 5.23. The van der Waals surface area contributed by atoms with Gasteiger partial charge in [0.05, 0.1) is 0 Å². The Balaban J connectivity index is 2.26. The van der Waals surface area contributed by atoms with Crippen LogP contribution in [0, 0.1) is 0 Å². The number of rotatable bonds is 8. The molecule has 0 aliphatic rings. The lowest BCUT2D eigenvalue weighted by atomic mass is 10.0. The predicted molar refractivity (Wildman–Crippen MR) is 92.4 cm³/mol. The molecule has 126 valence electrons. The van der Waals surface area contributed by atoms with E-state index in [1.807, 2.05) is 36.4 Å². The molecular weight excluding hydrogens is 306 g/mol. The van der Waals surface area contributed by atoms with Gasteiger partial charge in [0.25, 0.3) is 0 Å². The van der Waals surface area contributed by atoms with Crippen LogP contribution in [0.5, 0.6) is 5.75 Å². The quantitative estimate of drug-likeness (QED) is 0.593. The van der Waals surface area contributed by atoms with E-state index in [0.717, 1.165) is 29.7 Å². The number of hydrogen-bond donors (Lipinski definition) is 1. The van der Waals surface area contributed by atoms with Crippen molar-refractivity contribution in [3.8, 4) is 5.75 Å². The number of aryl methyl sites for hydroxylation is 1. The molecule has 0 amide bonds. The molecule has 2 aromatic carbocycles. The van der Waals surface area contributed by atoms with Gasteiger partial charge in [-0.1, -0.05) is 61.0 Å². The lowest BCUT2D eigenvalue weighted by Crippen LogP contribution is -2.17. The first-order chi connectivity index (χ1) is 11.7. The maximum absolute atomic E-state index is 11.4. The van der Waals surface area contributed by atoms with Gasteiger partial charge in [0, 0.05) is 5.56 Å². The molecule has 5 nitrogen and oxygen atoms in total. The van der Waals surface area contributed by atoms with Gasteiger partial charge < -0.3 is 14.7 Å². The minimum Gasteiger partial charge on any atom is -0.489 e. The van der Waals surface area contributed by atoms with Crippen LogP contribution in [0.2, 0.25) is 0 Å². The van der Waals surface area contributed by atoms with E-state index in [4.69, 9.17) is 4.74 Å². The fraction of sp³-hybridized carbons (Fsp3) is 0.263. The average molecular weight is 327 g/mol. The molecule has 0 aromatic heterocycles. The zero-order valence-electron chi connectivity index (χ0n) is 13.9. The summed E-state index contributed by atoms with van der Waals surface area (Å²) in [4.78, 5) is 16.1. The number of hydrogen-bond acceptors (Lipinski definition) is 4. The molecule has 0 bridgehead atoms. The molecule has 0 saturated carbocycles. The highest BCUT2D eigenvalue weighted by Gasteiger charge is 2.17. The van der Waals surface area contributed by atoms with E-state index >= 15 is 0 Å². The molecule has 24 heavy (non-hydrogen) atoms. The third-order valence-corrected chi connectivity index (χ3v) is 3.53. The zero-order valence-corrected chi connectivity index (χ0v) is 13.9. The van der Waals surface area contributed by atoms with Crippen molar-refractivity contribution in [3.05, 3.63) is 65.2 Å². The second kappa shape index (κ2) is 8.72. The summed E-state index contributed by atoms with van der Waals surface area (Å²) in [7, 11) is 1.32. The number of nitrogens with zero attached hydrogens (tertiary/aromatic N) is 1. The van der Waals surface area contributed by atoms with Gasteiger partial charge in [0.15, 0.2) is 5.71 Å². The zero-order chi connectivity index (χ0) is 17.4. The van der Waals surface area contributed by atoms with E-state index in [-0.39, 0.29) is 12.3 Å². The third kappa shape index (κ3) is 4.35. The molecular formula is C19H21NO4.